The Morgan fingerprint density at radius 3 is 2.48 bits per heavy atom. The third-order valence-electron chi connectivity index (χ3n) is 4.97. The second kappa shape index (κ2) is 8.80. The van der Waals surface area contributed by atoms with Crippen molar-refractivity contribution in [2.24, 2.45) is 0 Å². The summed E-state index contributed by atoms with van der Waals surface area (Å²) in [6.45, 7) is 1.89. The standard InChI is InChI=1S/C22H27NO4/c1-15(20-13-18(25-2)10-11-21(20)26-3)23-22(24)14-27-19-9-8-16-6-4-5-7-17(16)12-19/h8-13,15H,4-7,14H2,1-3H3,(H,23,24)/t15-/m0/s1. The topological polar surface area (TPSA) is 56.8 Å². The molecule has 0 bridgehead atoms. The number of nitrogens with one attached hydrogen (secondary N) is 1. The van der Waals surface area contributed by atoms with Gasteiger partial charge in [0.15, 0.2) is 6.61 Å². The van der Waals surface area contributed by atoms with Crippen LogP contribution in [0.1, 0.15) is 42.5 Å². The molecular weight excluding hydrogens is 342 g/mol. The minimum atomic E-state index is -0.227. The summed E-state index contributed by atoms with van der Waals surface area (Å²) in [5, 5.41) is 2.96. The average molecular weight is 369 g/mol. The highest BCUT2D eigenvalue weighted by Crippen LogP contribution is 2.29. The maximum atomic E-state index is 12.3. The van der Waals surface area contributed by atoms with Gasteiger partial charge in [0.2, 0.25) is 0 Å². The molecule has 2 aromatic carbocycles. The Labute approximate surface area is 160 Å². The zero-order valence-corrected chi connectivity index (χ0v) is 16.2. The fourth-order valence-corrected chi connectivity index (χ4v) is 3.49. The second-order valence-electron chi connectivity index (χ2n) is 6.82. The third kappa shape index (κ3) is 4.73. The van der Waals surface area contributed by atoms with E-state index in [0.29, 0.717) is 5.75 Å². The fraction of sp³-hybridized carbons (Fsp3) is 0.409. The minimum absolute atomic E-state index is 0.0184. The number of methoxy groups -OCH3 is 2. The predicted molar refractivity (Wildman–Crippen MR) is 105 cm³/mol. The van der Waals surface area contributed by atoms with Crippen molar-refractivity contribution in [3.05, 3.63) is 53.1 Å². The number of fused-ring (bicyclic) bond motifs is 1. The quantitative estimate of drug-likeness (QED) is 0.806. The molecule has 1 aliphatic rings. The Hall–Kier alpha value is -2.69. The maximum absolute atomic E-state index is 12.3. The first kappa shape index (κ1) is 19.1. The molecule has 1 amide bonds. The average Bonchev–Trinajstić information content (AvgIpc) is 2.71. The van der Waals surface area contributed by atoms with Crippen molar-refractivity contribution in [1.82, 2.24) is 5.32 Å². The fourth-order valence-electron chi connectivity index (χ4n) is 3.49. The van der Waals surface area contributed by atoms with Crippen molar-refractivity contribution >= 4 is 5.91 Å². The zero-order chi connectivity index (χ0) is 19.2. The van der Waals surface area contributed by atoms with Crippen molar-refractivity contribution in [1.29, 1.82) is 0 Å². The minimum Gasteiger partial charge on any atom is -0.497 e. The Morgan fingerprint density at radius 2 is 1.74 bits per heavy atom. The van der Waals surface area contributed by atoms with E-state index in [9.17, 15) is 4.79 Å². The Morgan fingerprint density at radius 1 is 1.00 bits per heavy atom. The van der Waals surface area contributed by atoms with Crippen molar-refractivity contribution < 1.29 is 19.0 Å². The zero-order valence-electron chi connectivity index (χ0n) is 16.2. The van der Waals surface area contributed by atoms with Crippen molar-refractivity contribution in [2.75, 3.05) is 20.8 Å². The lowest BCUT2D eigenvalue weighted by Crippen LogP contribution is -2.31. The van der Waals surface area contributed by atoms with Crippen molar-refractivity contribution in [3.8, 4) is 17.2 Å². The van der Waals surface area contributed by atoms with E-state index in [2.05, 4.69) is 17.4 Å². The highest BCUT2D eigenvalue weighted by molar-refractivity contribution is 5.78. The van der Waals surface area contributed by atoms with Crippen LogP contribution in [-0.2, 0) is 17.6 Å². The molecule has 0 aliphatic heterocycles. The molecule has 3 rings (SSSR count). The third-order valence-corrected chi connectivity index (χ3v) is 4.97. The van der Waals surface area contributed by atoms with Crippen LogP contribution in [0.25, 0.3) is 0 Å². The van der Waals surface area contributed by atoms with Crippen LogP contribution in [0.4, 0.5) is 0 Å². The summed E-state index contributed by atoms with van der Waals surface area (Å²) in [6, 6.07) is 11.4. The van der Waals surface area contributed by atoms with E-state index in [1.54, 1.807) is 14.2 Å². The number of ether oxygens (including phenoxy) is 3. The first-order chi connectivity index (χ1) is 13.1. The van der Waals surface area contributed by atoms with Crippen LogP contribution in [-0.4, -0.2) is 26.7 Å². The largest absolute Gasteiger partial charge is 0.497 e. The number of amides is 1. The number of hydrogen-bond acceptors (Lipinski definition) is 4. The molecule has 1 N–H and O–H groups in total. The second-order valence-corrected chi connectivity index (χ2v) is 6.82. The molecule has 0 unspecified atom stereocenters. The van der Waals surface area contributed by atoms with E-state index in [1.807, 2.05) is 31.2 Å². The molecule has 5 heteroatoms. The van der Waals surface area contributed by atoms with Crippen LogP contribution < -0.4 is 19.5 Å². The SMILES string of the molecule is COc1ccc(OC)c([C@H](C)NC(=O)COc2ccc3c(c2)CCCC3)c1. The molecule has 2 aromatic rings. The molecule has 0 heterocycles. The molecule has 1 atom stereocenters. The monoisotopic (exact) mass is 369 g/mol. The lowest BCUT2D eigenvalue weighted by Gasteiger charge is -2.19. The molecule has 0 fully saturated rings. The van der Waals surface area contributed by atoms with Gasteiger partial charge < -0.3 is 19.5 Å². The van der Waals surface area contributed by atoms with E-state index in [-0.39, 0.29) is 18.6 Å². The van der Waals surface area contributed by atoms with Gasteiger partial charge in [-0.2, -0.15) is 0 Å². The maximum Gasteiger partial charge on any atom is 0.258 e. The number of hydrogen-bond donors (Lipinski definition) is 1. The first-order valence-electron chi connectivity index (χ1n) is 9.36. The van der Waals surface area contributed by atoms with Gasteiger partial charge in [0.1, 0.15) is 17.2 Å². The number of rotatable bonds is 7. The molecule has 144 valence electrons. The number of carbonyl (C=O) groups excluding carboxylic acids is 1. The Kier molecular flexibility index (Phi) is 6.22. The van der Waals surface area contributed by atoms with E-state index >= 15 is 0 Å². The lowest BCUT2D eigenvalue weighted by atomic mass is 9.92. The summed E-state index contributed by atoms with van der Waals surface area (Å²) >= 11 is 0. The first-order valence-corrected chi connectivity index (χ1v) is 9.36. The molecule has 0 spiro atoms. The highest BCUT2D eigenvalue weighted by Gasteiger charge is 2.16. The van der Waals surface area contributed by atoms with Gasteiger partial charge in [0.25, 0.3) is 5.91 Å². The molecule has 0 radical (unpaired) electrons. The summed E-state index contributed by atoms with van der Waals surface area (Å²) in [5.41, 5.74) is 3.60. The van der Waals surface area contributed by atoms with Gasteiger partial charge in [-0.1, -0.05) is 6.07 Å². The van der Waals surface area contributed by atoms with Gasteiger partial charge in [-0.15, -0.1) is 0 Å². The number of aryl methyl sites for hydroxylation is 2. The van der Waals surface area contributed by atoms with Crippen LogP contribution in [0.3, 0.4) is 0 Å². The summed E-state index contributed by atoms with van der Waals surface area (Å²) < 4.78 is 16.4. The van der Waals surface area contributed by atoms with E-state index in [0.717, 1.165) is 29.9 Å². The van der Waals surface area contributed by atoms with Gasteiger partial charge in [-0.25, -0.2) is 0 Å². The van der Waals surface area contributed by atoms with Gasteiger partial charge >= 0.3 is 0 Å². The number of benzene rings is 2. The van der Waals surface area contributed by atoms with Crippen molar-refractivity contribution in [2.45, 2.75) is 38.6 Å². The molecule has 0 aromatic heterocycles. The molecular formula is C22H27NO4. The molecule has 27 heavy (non-hydrogen) atoms. The van der Waals surface area contributed by atoms with E-state index in [4.69, 9.17) is 14.2 Å². The summed E-state index contributed by atoms with van der Waals surface area (Å²) in [7, 11) is 3.22. The molecule has 0 saturated heterocycles. The molecule has 5 nitrogen and oxygen atoms in total. The lowest BCUT2D eigenvalue weighted by molar-refractivity contribution is -0.123. The van der Waals surface area contributed by atoms with E-state index < -0.39 is 0 Å². The summed E-state index contributed by atoms with van der Waals surface area (Å²) in [4.78, 5) is 12.3. The molecule has 1 aliphatic carbocycles. The predicted octanol–water partition coefficient (Wildman–Crippen LogP) is 3.84. The van der Waals surface area contributed by atoms with Gasteiger partial charge in [-0.05, 0) is 74.1 Å². The van der Waals surface area contributed by atoms with Crippen LogP contribution >= 0.6 is 0 Å². The number of carbonyl (C=O) groups is 1. The Bertz CT molecular complexity index is 803. The summed E-state index contributed by atoms with van der Waals surface area (Å²) in [5.74, 6) is 2.00. The Balaban J connectivity index is 1.59. The van der Waals surface area contributed by atoms with Crippen LogP contribution in [0.5, 0.6) is 17.2 Å². The molecule has 0 saturated carbocycles. The van der Waals surface area contributed by atoms with Gasteiger partial charge in [-0.3, -0.25) is 4.79 Å². The van der Waals surface area contributed by atoms with Crippen LogP contribution in [0.2, 0.25) is 0 Å². The normalized spacial score (nSPS) is 14.0. The smallest absolute Gasteiger partial charge is 0.258 e. The van der Waals surface area contributed by atoms with Gasteiger partial charge in [0, 0.05) is 5.56 Å². The van der Waals surface area contributed by atoms with E-state index in [1.165, 1.54) is 24.0 Å². The van der Waals surface area contributed by atoms with Crippen molar-refractivity contribution in [3.63, 3.8) is 0 Å². The van der Waals surface area contributed by atoms with Crippen LogP contribution in [0.15, 0.2) is 36.4 Å². The summed E-state index contributed by atoms with van der Waals surface area (Å²) in [6.07, 6.45) is 4.69. The van der Waals surface area contributed by atoms with Crippen LogP contribution in [0, 0.1) is 0 Å². The highest BCUT2D eigenvalue weighted by atomic mass is 16.5. The van der Waals surface area contributed by atoms with Gasteiger partial charge in [0.05, 0.1) is 20.3 Å².